The van der Waals surface area contributed by atoms with Crippen LogP contribution >= 0.6 is 0 Å². The largest absolute Gasteiger partial charge is 0.399 e. The molecule has 0 heterocycles. The van der Waals surface area contributed by atoms with Gasteiger partial charge in [0.05, 0.1) is 0 Å². The third kappa shape index (κ3) is 3.39. The lowest BCUT2D eigenvalue weighted by Gasteiger charge is -2.20. The predicted octanol–water partition coefficient (Wildman–Crippen LogP) is 7.27. The van der Waals surface area contributed by atoms with Crippen molar-refractivity contribution in [2.45, 2.75) is 0 Å². The topological polar surface area (TPSA) is 86.2 Å². The SMILES string of the molecule is Nc1ccc(-c2cc3cc4c(cc3cc2-c2ccc(N)cc2)C(=O)c2cc3ccccc3cc2C4=O)cc1. The number of hydrogen-bond donors (Lipinski definition) is 2. The molecule has 0 unspecified atom stereocenters. The minimum Gasteiger partial charge on any atom is -0.399 e. The highest BCUT2D eigenvalue weighted by Crippen LogP contribution is 2.39. The fraction of sp³-hybridized carbons (Fsp3) is 0. The number of hydrogen-bond acceptors (Lipinski definition) is 4. The molecular weight excluding hydrogens is 468 g/mol. The van der Waals surface area contributed by atoms with Gasteiger partial charge in [-0.2, -0.15) is 0 Å². The molecule has 1 aliphatic carbocycles. The van der Waals surface area contributed by atoms with E-state index in [0.29, 0.717) is 33.6 Å². The Bertz CT molecular complexity index is 1810. The van der Waals surface area contributed by atoms with Crippen LogP contribution in [0, 0.1) is 0 Å². The van der Waals surface area contributed by atoms with E-state index in [-0.39, 0.29) is 11.6 Å². The summed E-state index contributed by atoms with van der Waals surface area (Å²) in [7, 11) is 0. The van der Waals surface area contributed by atoms with Gasteiger partial charge in [0.25, 0.3) is 0 Å². The summed E-state index contributed by atoms with van der Waals surface area (Å²) in [4.78, 5) is 27.4. The van der Waals surface area contributed by atoms with Crippen molar-refractivity contribution in [3.8, 4) is 22.3 Å². The van der Waals surface area contributed by atoms with Crippen molar-refractivity contribution in [2.75, 3.05) is 11.5 Å². The molecule has 180 valence electrons. The van der Waals surface area contributed by atoms with Gasteiger partial charge < -0.3 is 11.5 Å². The van der Waals surface area contributed by atoms with Gasteiger partial charge in [-0.15, -0.1) is 0 Å². The van der Waals surface area contributed by atoms with Crippen LogP contribution in [-0.4, -0.2) is 11.6 Å². The number of fused-ring (bicyclic) bond motifs is 4. The molecule has 7 rings (SSSR count). The van der Waals surface area contributed by atoms with E-state index in [0.717, 1.165) is 43.8 Å². The van der Waals surface area contributed by atoms with Crippen molar-refractivity contribution in [3.05, 3.63) is 131 Å². The van der Waals surface area contributed by atoms with Crippen LogP contribution in [0.4, 0.5) is 11.4 Å². The molecule has 4 heteroatoms. The fourth-order valence-corrected chi connectivity index (χ4v) is 5.43. The van der Waals surface area contributed by atoms with Crippen LogP contribution in [0.5, 0.6) is 0 Å². The number of rotatable bonds is 2. The molecule has 0 aliphatic heterocycles. The molecule has 0 amide bonds. The van der Waals surface area contributed by atoms with E-state index in [4.69, 9.17) is 11.5 Å². The van der Waals surface area contributed by atoms with E-state index in [1.54, 1.807) is 0 Å². The van der Waals surface area contributed by atoms with Crippen molar-refractivity contribution in [1.29, 1.82) is 0 Å². The third-order valence-corrected chi connectivity index (χ3v) is 7.42. The summed E-state index contributed by atoms with van der Waals surface area (Å²) in [6.07, 6.45) is 0. The molecule has 38 heavy (non-hydrogen) atoms. The first kappa shape index (κ1) is 22.0. The minimum absolute atomic E-state index is 0.126. The number of carbonyl (C=O) groups excluding carboxylic acids is 2. The monoisotopic (exact) mass is 490 g/mol. The van der Waals surface area contributed by atoms with Crippen molar-refractivity contribution in [1.82, 2.24) is 0 Å². The average Bonchev–Trinajstić information content (AvgIpc) is 2.94. The van der Waals surface area contributed by atoms with Crippen molar-refractivity contribution in [3.63, 3.8) is 0 Å². The smallest absolute Gasteiger partial charge is 0.194 e. The van der Waals surface area contributed by atoms with E-state index >= 15 is 0 Å². The van der Waals surface area contributed by atoms with Gasteiger partial charge in [0.15, 0.2) is 11.6 Å². The van der Waals surface area contributed by atoms with Crippen LogP contribution in [0.2, 0.25) is 0 Å². The van der Waals surface area contributed by atoms with Crippen LogP contribution in [0.15, 0.2) is 109 Å². The Balaban J connectivity index is 1.47. The highest BCUT2D eigenvalue weighted by atomic mass is 16.1. The molecule has 0 aromatic heterocycles. The highest BCUT2D eigenvalue weighted by molar-refractivity contribution is 6.30. The Kier molecular flexibility index (Phi) is 4.72. The maximum atomic E-state index is 13.7. The molecule has 4 nitrogen and oxygen atoms in total. The zero-order chi connectivity index (χ0) is 26.0. The van der Waals surface area contributed by atoms with Gasteiger partial charge in [0.2, 0.25) is 0 Å². The molecule has 0 saturated carbocycles. The van der Waals surface area contributed by atoms with Crippen LogP contribution in [0.3, 0.4) is 0 Å². The van der Waals surface area contributed by atoms with Gasteiger partial charge in [-0.05, 0) is 104 Å². The van der Waals surface area contributed by atoms with Gasteiger partial charge in [0.1, 0.15) is 0 Å². The maximum Gasteiger partial charge on any atom is 0.194 e. The highest BCUT2D eigenvalue weighted by Gasteiger charge is 2.30. The van der Waals surface area contributed by atoms with Gasteiger partial charge in [-0.25, -0.2) is 0 Å². The van der Waals surface area contributed by atoms with Crippen LogP contribution in [-0.2, 0) is 0 Å². The normalized spacial score (nSPS) is 12.5. The molecule has 0 spiro atoms. The van der Waals surface area contributed by atoms with Gasteiger partial charge >= 0.3 is 0 Å². The van der Waals surface area contributed by atoms with Crippen molar-refractivity contribution in [2.24, 2.45) is 0 Å². The molecule has 0 saturated heterocycles. The lowest BCUT2D eigenvalue weighted by atomic mass is 9.81. The second kappa shape index (κ2) is 8.15. The first-order valence-corrected chi connectivity index (χ1v) is 12.4. The second-order valence-corrected chi connectivity index (χ2v) is 9.79. The van der Waals surface area contributed by atoms with E-state index in [1.165, 1.54) is 0 Å². The van der Waals surface area contributed by atoms with Crippen LogP contribution in [0.1, 0.15) is 31.8 Å². The fourth-order valence-electron chi connectivity index (χ4n) is 5.43. The minimum atomic E-state index is -0.126. The zero-order valence-electron chi connectivity index (χ0n) is 20.4. The van der Waals surface area contributed by atoms with E-state index in [2.05, 4.69) is 12.1 Å². The summed E-state index contributed by atoms with van der Waals surface area (Å²) in [6.45, 7) is 0. The Labute approximate surface area is 219 Å². The molecule has 0 atom stereocenters. The first-order chi connectivity index (χ1) is 18.5. The standard InChI is InChI=1S/C34H22N2O2/c35-25-9-5-19(6-10-25)27-15-23-17-31-32(18-24(23)16-28(27)20-7-11-26(36)12-8-20)34(38)30-14-22-4-2-1-3-21(22)13-29(30)33(31)37/h1-18H,35-36H2. The van der Waals surface area contributed by atoms with Crippen molar-refractivity contribution >= 4 is 44.5 Å². The molecule has 1 aliphatic rings. The molecule has 4 N–H and O–H groups in total. The number of ketones is 2. The van der Waals surface area contributed by atoms with E-state index in [1.807, 2.05) is 97.1 Å². The van der Waals surface area contributed by atoms with Crippen molar-refractivity contribution < 1.29 is 9.59 Å². The molecule has 0 bridgehead atoms. The summed E-state index contributed by atoms with van der Waals surface area (Å²) >= 11 is 0. The number of nitrogen functional groups attached to an aromatic ring is 2. The third-order valence-electron chi connectivity index (χ3n) is 7.42. The number of nitrogens with two attached hydrogens (primary N) is 2. The quantitative estimate of drug-likeness (QED) is 0.250. The van der Waals surface area contributed by atoms with Gasteiger partial charge in [-0.1, -0.05) is 48.5 Å². The summed E-state index contributed by atoms with van der Waals surface area (Å²) in [5.41, 5.74) is 19.1. The molecule has 0 fully saturated rings. The maximum absolute atomic E-state index is 13.7. The Morgan fingerprint density at radius 2 is 0.684 bits per heavy atom. The van der Waals surface area contributed by atoms with Gasteiger partial charge in [0, 0.05) is 33.6 Å². The zero-order valence-corrected chi connectivity index (χ0v) is 20.4. The molecule has 6 aromatic carbocycles. The Hall–Kier alpha value is -5.22. The number of benzene rings is 6. The second-order valence-electron chi connectivity index (χ2n) is 9.79. The molecule has 0 radical (unpaired) electrons. The molecular formula is C34H22N2O2. The summed E-state index contributed by atoms with van der Waals surface area (Å²) in [6, 6.07) is 34.8. The van der Waals surface area contributed by atoms with E-state index < -0.39 is 0 Å². The summed E-state index contributed by atoms with van der Waals surface area (Å²) < 4.78 is 0. The van der Waals surface area contributed by atoms with Crippen LogP contribution < -0.4 is 11.5 Å². The summed E-state index contributed by atoms with van der Waals surface area (Å²) in [5.74, 6) is -0.252. The average molecular weight is 491 g/mol. The number of anilines is 2. The molecule has 6 aromatic rings. The van der Waals surface area contributed by atoms with Gasteiger partial charge in [-0.3, -0.25) is 9.59 Å². The van der Waals surface area contributed by atoms with Crippen LogP contribution in [0.25, 0.3) is 43.8 Å². The Morgan fingerprint density at radius 1 is 0.368 bits per heavy atom. The first-order valence-electron chi connectivity index (χ1n) is 12.4. The van der Waals surface area contributed by atoms with E-state index in [9.17, 15) is 9.59 Å². The summed E-state index contributed by atoms with van der Waals surface area (Å²) in [5, 5.41) is 3.66. The predicted molar refractivity (Wildman–Crippen MR) is 154 cm³/mol. The number of carbonyl (C=O) groups is 2. The lowest BCUT2D eigenvalue weighted by Crippen LogP contribution is -2.21. The Morgan fingerprint density at radius 3 is 1.05 bits per heavy atom. The lowest BCUT2D eigenvalue weighted by molar-refractivity contribution is 0.0979.